The van der Waals surface area contributed by atoms with Gasteiger partial charge in [0, 0.05) is 22.8 Å². The Morgan fingerprint density at radius 2 is 2.22 bits per heavy atom. The van der Waals surface area contributed by atoms with Gasteiger partial charge >= 0.3 is 0 Å². The molecule has 3 nitrogen and oxygen atoms in total. The molecule has 0 atom stereocenters. The van der Waals surface area contributed by atoms with Crippen LogP contribution in [0, 0.1) is 0 Å². The molecule has 0 aliphatic heterocycles. The summed E-state index contributed by atoms with van der Waals surface area (Å²) in [4.78, 5) is 10.3. The fourth-order valence-corrected chi connectivity index (χ4v) is 3.84. The third-order valence-corrected chi connectivity index (χ3v) is 5.51. The van der Waals surface area contributed by atoms with Crippen LogP contribution in [-0.2, 0) is 12.8 Å². The topological polar surface area (TPSA) is 37.8 Å². The van der Waals surface area contributed by atoms with Crippen molar-refractivity contribution in [1.29, 1.82) is 0 Å². The summed E-state index contributed by atoms with van der Waals surface area (Å²) in [6.07, 6.45) is 3.28. The molecule has 0 spiro atoms. The van der Waals surface area contributed by atoms with E-state index in [1.165, 1.54) is 22.6 Å². The molecule has 6 heteroatoms. The maximum absolute atomic E-state index is 6.07. The van der Waals surface area contributed by atoms with Crippen LogP contribution in [-0.4, -0.2) is 17.0 Å². The van der Waals surface area contributed by atoms with Gasteiger partial charge in [0.25, 0.3) is 0 Å². The van der Waals surface area contributed by atoms with Gasteiger partial charge in [-0.25, -0.2) is 9.97 Å². The summed E-state index contributed by atoms with van der Waals surface area (Å²) >= 11 is 11.0. The van der Waals surface area contributed by atoms with Crippen LogP contribution in [0.1, 0.15) is 17.7 Å². The van der Waals surface area contributed by atoms with Gasteiger partial charge in [-0.15, -0.1) is 11.3 Å². The number of aromatic nitrogens is 2. The summed E-state index contributed by atoms with van der Waals surface area (Å²) in [5.74, 6) is 1.71. The van der Waals surface area contributed by atoms with Gasteiger partial charge in [0.1, 0.15) is 10.2 Å². The molecule has 0 unspecified atom stereocenters. The third kappa shape index (κ3) is 2.04. The molecule has 1 N–H and O–H groups in total. The molecule has 18 heavy (non-hydrogen) atoms. The lowest BCUT2D eigenvalue weighted by Crippen LogP contribution is -2.02. The van der Waals surface area contributed by atoms with Crippen LogP contribution in [0.5, 0.6) is 0 Å². The van der Waals surface area contributed by atoms with Gasteiger partial charge in [0.05, 0.1) is 4.88 Å². The van der Waals surface area contributed by atoms with Crippen LogP contribution >= 0.6 is 38.9 Å². The van der Waals surface area contributed by atoms with E-state index in [0.29, 0.717) is 0 Å². The first-order valence-electron chi connectivity index (χ1n) is 5.72. The van der Waals surface area contributed by atoms with Crippen LogP contribution in [0.3, 0.4) is 0 Å². The monoisotopic (exact) mass is 343 g/mol. The largest absolute Gasteiger partial charge is 0.373 e. The van der Waals surface area contributed by atoms with Gasteiger partial charge in [-0.05, 0) is 41.3 Å². The minimum atomic E-state index is 0.736. The van der Waals surface area contributed by atoms with E-state index in [-0.39, 0.29) is 0 Å². The summed E-state index contributed by atoms with van der Waals surface area (Å²) in [6.45, 7) is 0. The Labute approximate surface area is 123 Å². The van der Waals surface area contributed by atoms with Crippen molar-refractivity contribution in [3.05, 3.63) is 26.1 Å². The zero-order chi connectivity index (χ0) is 12.7. The van der Waals surface area contributed by atoms with E-state index in [2.05, 4.69) is 31.2 Å². The predicted octanol–water partition coefficient (Wildman–Crippen LogP) is 4.15. The second kappa shape index (κ2) is 4.79. The molecule has 0 radical (unpaired) electrons. The SMILES string of the molecule is CNc1nc(-c2cc(Br)c(Cl)s2)nc2c1CCC2. The summed E-state index contributed by atoms with van der Waals surface area (Å²) in [7, 11) is 1.90. The van der Waals surface area contributed by atoms with Crippen molar-refractivity contribution >= 4 is 44.7 Å². The maximum Gasteiger partial charge on any atom is 0.171 e. The van der Waals surface area contributed by atoms with E-state index in [0.717, 1.165) is 44.6 Å². The molecule has 0 bridgehead atoms. The number of aryl methyl sites for hydroxylation is 1. The number of rotatable bonds is 2. The number of nitrogens with one attached hydrogen (secondary N) is 1. The molecule has 0 aromatic carbocycles. The van der Waals surface area contributed by atoms with Crippen LogP contribution in [0.25, 0.3) is 10.7 Å². The summed E-state index contributed by atoms with van der Waals surface area (Å²) in [5, 5.41) is 3.17. The van der Waals surface area contributed by atoms with E-state index in [4.69, 9.17) is 11.6 Å². The van der Waals surface area contributed by atoms with Crippen LogP contribution in [0.4, 0.5) is 5.82 Å². The average molecular weight is 345 g/mol. The number of hydrogen-bond acceptors (Lipinski definition) is 4. The molecule has 94 valence electrons. The Balaban J connectivity index is 2.13. The minimum absolute atomic E-state index is 0.736. The first-order valence-corrected chi connectivity index (χ1v) is 7.70. The van der Waals surface area contributed by atoms with Crippen molar-refractivity contribution in [1.82, 2.24) is 9.97 Å². The lowest BCUT2D eigenvalue weighted by Gasteiger charge is -2.08. The number of halogens is 2. The summed E-state index contributed by atoms with van der Waals surface area (Å²) < 4.78 is 1.64. The molecular weight excluding hydrogens is 334 g/mol. The van der Waals surface area contributed by atoms with Crippen LogP contribution in [0.2, 0.25) is 4.34 Å². The smallest absolute Gasteiger partial charge is 0.171 e. The fraction of sp³-hybridized carbons (Fsp3) is 0.333. The molecule has 1 aliphatic carbocycles. The molecule has 0 saturated carbocycles. The number of fused-ring (bicyclic) bond motifs is 1. The predicted molar refractivity (Wildman–Crippen MR) is 79.6 cm³/mol. The van der Waals surface area contributed by atoms with Crippen molar-refractivity contribution < 1.29 is 0 Å². The lowest BCUT2D eigenvalue weighted by molar-refractivity contribution is 0.900. The van der Waals surface area contributed by atoms with Crippen molar-refractivity contribution in [2.75, 3.05) is 12.4 Å². The van der Waals surface area contributed by atoms with E-state index >= 15 is 0 Å². The average Bonchev–Trinajstić information content (AvgIpc) is 2.95. The fourth-order valence-electron chi connectivity index (χ4n) is 2.21. The van der Waals surface area contributed by atoms with E-state index in [1.807, 2.05) is 13.1 Å². The van der Waals surface area contributed by atoms with E-state index < -0.39 is 0 Å². The molecular formula is C12H11BrClN3S. The van der Waals surface area contributed by atoms with Gasteiger partial charge in [0.15, 0.2) is 5.82 Å². The van der Waals surface area contributed by atoms with Crippen molar-refractivity contribution in [3.63, 3.8) is 0 Å². The molecule has 0 amide bonds. The Bertz CT molecular complexity index is 592. The summed E-state index contributed by atoms with van der Waals surface area (Å²) in [6, 6.07) is 1.98. The minimum Gasteiger partial charge on any atom is -0.373 e. The molecule has 3 rings (SSSR count). The Hall–Kier alpha value is -0.650. The highest BCUT2D eigenvalue weighted by Gasteiger charge is 2.20. The quantitative estimate of drug-likeness (QED) is 0.889. The second-order valence-electron chi connectivity index (χ2n) is 4.16. The van der Waals surface area contributed by atoms with Gasteiger partial charge in [-0.3, -0.25) is 0 Å². The highest BCUT2D eigenvalue weighted by molar-refractivity contribution is 9.10. The van der Waals surface area contributed by atoms with Crippen molar-refractivity contribution in [2.24, 2.45) is 0 Å². The van der Waals surface area contributed by atoms with Crippen molar-refractivity contribution in [3.8, 4) is 10.7 Å². The maximum atomic E-state index is 6.07. The molecule has 2 heterocycles. The summed E-state index contributed by atoms with van der Waals surface area (Å²) in [5.41, 5.74) is 2.44. The zero-order valence-electron chi connectivity index (χ0n) is 9.76. The first kappa shape index (κ1) is 12.4. The number of nitrogens with zero attached hydrogens (tertiary/aromatic N) is 2. The van der Waals surface area contributed by atoms with Gasteiger partial charge in [-0.1, -0.05) is 11.6 Å². The normalized spacial score (nSPS) is 13.7. The Morgan fingerprint density at radius 3 is 2.89 bits per heavy atom. The van der Waals surface area contributed by atoms with Crippen molar-refractivity contribution in [2.45, 2.75) is 19.3 Å². The molecule has 1 aliphatic rings. The Kier molecular flexibility index (Phi) is 3.30. The van der Waals surface area contributed by atoms with Crippen LogP contribution < -0.4 is 5.32 Å². The molecule has 0 saturated heterocycles. The third-order valence-electron chi connectivity index (χ3n) is 3.04. The number of hydrogen-bond donors (Lipinski definition) is 1. The Morgan fingerprint density at radius 1 is 1.39 bits per heavy atom. The van der Waals surface area contributed by atoms with Gasteiger partial charge < -0.3 is 5.32 Å². The lowest BCUT2D eigenvalue weighted by atomic mass is 10.2. The molecule has 0 fully saturated rings. The van der Waals surface area contributed by atoms with Crippen LogP contribution in [0.15, 0.2) is 10.5 Å². The van der Waals surface area contributed by atoms with Gasteiger partial charge in [0.2, 0.25) is 0 Å². The highest BCUT2D eigenvalue weighted by Crippen LogP contribution is 2.38. The van der Waals surface area contributed by atoms with E-state index in [9.17, 15) is 0 Å². The number of thiophene rings is 1. The van der Waals surface area contributed by atoms with E-state index in [1.54, 1.807) is 0 Å². The second-order valence-corrected chi connectivity index (χ2v) is 6.67. The zero-order valence-corrected chi connectivity index (χ0v) is 12.9. The molecule has 2 aromatic heterocycles. The highest BCUT2D eigenvalue weighted by atomic mass is 79.9. The first-order chi connectivity index (χ1) is 8.69. The standard InChI is InChI=1S/C12H11BrClN3S/c1-15-11-6-3-2-4-8(6)16-12(17-11)9-5-7(13)10(14)18-9/h5H,2-4H2,1H3,(H,15,16,17). The molecule has 2 aromatic rings. The van der Waals surface area contributed by atoms with Gasteiger partial charge in [-0.2, -0.15) is 0 Å². The number of anilines is 1.